The third kappa shape index (κ3) is 5.71. The first-order chi connectivity index (χ1) is 4.66. The van der Waals surface area contributed by atoms with Crippen LogP contribution in [0.3, 0.4) is 0 Å². The summed E-state index contributed by atoms with van der Waals surface area (Å²) < 4.78 is 24.2. The maximum atomic E-state index is 10.4. The van der Waals surface area contributed by atoms with Gasteiger partial charge in [0.25, 0.3) is 0 Å². The van der Waals surface area contributed by atoms with Gasteiger partial charge in [-0.25, -0.2) is 0 Å². The van der Waals surface area contributed by atoms with Crippen LogP contribution < -0.4 is 0 Å². The Morgan fingerprint density at radius 3 is 2.70 bits per heavy atom. The summed E-state index contributed by atoms with van der Waals surface area (Å²) in [6.45, 7) is 1.61. The van der Waals surface area contributed by atoms with E-state index in [4.69, 9.17) is 0 Å². The maximum Gasteiger partial charge on any atom is 0.305 e. The zero-order chi connectivity index (χ0) is 7.98. The third-order valence-corrected chi connectivity index (χ3v) is 1.30. The number of carbonyl (C=O) groups excluding carboxylic acids is 1. The van der Waals surface area contributed by atoms with Gasteiger partial charge in [-0.05, 0) is 0 Å². The van der Waals surface area contributed by atoms with Crippen molar-refractivity contribution < 1.29 is 18.3 Å². The Hall–Kier alpha value is -0.420. The Morgan fingerprint density at radius 2 is 2.30 bits per heavy atom. The van der Waals surface area contributed by atoms with Crippen molar-refractivity contribution in [2.24, 2.45) is 0 Å². The summed E-state index contributed by atoms with van der Waals surface area (Å²) in [7, 11) is 0. The van der Waals surface area contributed by atoms with Crippen molar-refractivity contribution in [1.82, 2.24) is 0 Å². The zero-order valence-electron chi connectivity index (χ0n) is 5.66. The summed E-state index contributed by atoms with van der Waals surface area (Å²) in [5.41, 5.74) is 0. The first-order valence-corrected chi connectivity index (χ1v) is 4.12. The predicted molar refractivity (Wildman–Crippen MR) is 35.0 cm³/mol. The summed E-state index contributed by atoms with van der Waals surface area (Å²) in [5.74, 6) is -0.489. The van der Waals surface area contributed by atoms with Crippen molar-refractivity contribution in [2.45, 2.75) is 13.3 Å². The van der Waals surface area contributed by atoms with E-state index < -0.39 is 11.1 Å². The summed E-state index contributed by atoms with van der Waals surface area (Å²) in [4.78, 5) is 10.4. The molecule has 0 aromatic rings. The van der Waals surface area contributed by atoms with Crippen LogP contribution in [0.5, 0.6) is 0 Å². The average Bonchev–Trinajstić information content (AvgIpc) is 1.87. The quantitative estimate of drug-likeness (QED) is 0.428. The van der Waals surface area contributed by atoms with Gasteiger partial charge in [0.05, 0.1) is 0 Å². The molecule has 0 aliphatic heterocycles. The van der Waals surface area contributed by atoms with Gasteiger partial charge in [-0.1, -0.05) is 18.0 Å². The molecule has 0 heterocycles. The Kier molecular flexibility index (Phi) is 5.15. The number of rotatable bonds is 4. The van der Waals surface area contributed by atoms with E-state index in [0.29, 0.717) is 0 Å². The van der Waals surface area contributed by atoms with Gasteiger partial charge in [0.1, 0.15) is 6.61 Å². The fourth-order valence-electron chi connectivity index (χ4n) is 0.326. The lowest BCUT2D eigenvalue weighted by molar-refractivity contribution is -0.142. The predicted octanol–water partition coefficient (Wildman–Crippen LogP) is -0.181. The molecule has 0 aromatic heterocycles. The molecule has 10 heavy (non-hydrogen) atoms. The molecule has 0 fully saturated rings. The lowest BCUT2D eigenvalue weighted by atomic mass is 10.5. The van der Waals surface area contributed by atoms with Crippen LogP contribution in [-0.4, -0.2) is 27.1 Å². The molecule has 0 saturated carbocycles. The number of carbonyl (C=O) groups is 1. The van der Waals surface area contributed by atoms with Gasteiger partial charge in [0.2, 0.25) is 0 Å². The third-order valence-electron chi connectivity index (χ3n) is 0.802. The smallest absolute Gasteiger partial charge is 0.305 e. The van der Waals surface area contributed by atoms with Crippen LogP contribution >= 0.6 is 0 Å². The first kappa shape index (κ1) is 9.58. The van der Waals surface area contributed by atoms with Gasteiger partial charge in [-0.3, -0.25) is 9.00 Å². The van der Waals surface area contributed by atoms with Crippen molar-refractivity contribution in [1.29, 1.82) is 0 Å². The standard InChI is InChI=1S/C5H10O4S/c1-2-5(6)9-3-4-10(7)8/h2-4H2,1H3,(H,7,8)/p-1. The van der Waals surface area contributed by atoms with Crippen molar-refractivity contribution >= 4 is 17.0 Å². The normalized spacial score (nSPS) is 12.6. The first-order valence-electron chi connectivity index (χ1n) is 2.88. The lowest BCUT2D eigenvalue weighted by Gasteiger charge is -2.04. The van der Waals surface area contributed by atoms with E-state index in [1.807, 2.05) is 0 Å². The lowest BCUT2D eigenvalue weighted by Crippen LogP contribution is -2.09. The molecule has 0 amide bonds. The summed E-state index contributed by atoms with van der Waals surface area (Å²) in [5, 5.41) is 0. The Morgan fingerprint density at radius 1 is 1.70 bits per heavy atom. The molecule has 0 rings (SSSR count). The molecule has 5 heteroatoms. The SMILES string of the molecule is CCC(=O)OCCS(=O)[O-]. The fraction of sp³-hybridized carbons (Fsp3) is 0.800. The molecule has 0 aromatic carbocycles. The van der Waals surface area contributed by atoms with Crippen molar-refractivity contribution in [3.63, 3.8) is 0 Å². The molecular formula is C5H9O4S-. The average molecular weight is 165 g/mol. The second kappa shape index (κ2) is 5.37. The molecular weight excluding hydrogens is 156 g/mol. The minimum atomic E-state index is -2.11. The van der Waals surface area contributed by atoms with E-state index in [1.165, 1.54) is 0 Å². The van der Waals surface area contributed by atoms with Crippen LogP contribution in [0.15, 0.2) is 0 Å². The van der Waals surface area contributed by atoms with Crippen molar-refractivity contribution in [3.8, 4) is 0 Å². The van der Waals surface area contributed by atoms with Crippen LogP contribution in [0.25, 0.3) is 0 Å². The molecule has 0 spiro atoms. The van der Waals surface area contributed by atoms with Gasteiger partial charge in [0.15, 0.2) is 0 Å². The summed E-state index contributed by atoms with van der Waals surface area (Å²) in [6.07, 6.45) is 0.283. The molecule has 60 valence electrons. The Bertz CT molecular complexity index is 134. The summed E-state index contributed by atoms with van der Waals surface area (Å²) in [6, 6.07) is 0. The largest absolute Gasteiger partial charge is 0.772 e. The van der Waals surface area contributed by atoms with Gasteiger partial charge >= 0.3 is 5.97 Å². The van der Waals surface area contributed by atoms with Crippen LogP contribution in [0.4, 0.5) is 0 Å². The van der Waals surface area contributed by atoms with Gasteiger partial charge in [-0.2, -0.15) is 0 Å². The van der Waals surface area contributed by atoms with Gasteiger partial charge in [0, 0.05) is 12.2 Å². The Balaban J connectivity index is 3.20. The molecule has 0 bridgehead atoms. The van der Waals surface area contributed by atoms with Gasteiger partial charge in [-0.15, -0.1) is 0 Å². The number of hydrogen-bond donors (Lipinski definition) is 0. The molecule has 0 saturated heterocycles. The van der Waals surface area contributed by atoms with E-state index in [9.17, 15) is 13.6 Å². The second-order valence-electron chi connectivity index (χ2n) is 1.58. The minimum absolute atomic E-state index is 0.0389. The van der Waals surface area contributed by atoms with Crippen molar-refractivity contribution in [3.05, 3.63) is 0 Å². The number of esters is 1. The highest BCUT2D eigenvalue weighted by Crippen LogP contribution is 1.84. The topological polar surface area (TPSA) is 66.4 Å². The molecule has 1 unspecified atom stereocenters. The zero-order valence-corrected chi connectivity index (χ0v) is 6.48. The molecule has 1 atom stereocenters. The van der Waals surface area contributed by atoms with E-state index in [1.54, 1.807) is 6.92 Å². The fourth-order valence-corrected chi connectivity index (χ4v) is 0.545. The molecule has 0 aliphatic rings. The van der Waals surface area contributed by atoms with E-state index in [0.717, 1.165) is 0 Å². The van der Waals surface area contributed by atoms with Crippen LogP contribution in [0.1, 0.15) is 13.3 Å². The van der Waals surface area contributed by atoms with Gasteiger partial charge < -0.3 is 9.29 Å². The Labute approximate surface area is 61.9 Å². The highest BCUT2D eigenvalue weighted by atomic mass is 32.2. The van der Waals surface area contributed by atoms with Crippen LogP contribution in [0.2, 0.25) is 0 Å². The minimum Gasteiger partial charge on any atom is -0.772 e. The number of ether oxygens (including phenoxy) is 1. The molecule has 0 radical (unpaired) electrons. The molecule has 4 nitrogen and oxygen atoms in total. The van der Waals surface area contributed by atoms with E-state index in [-0.39, 0.29) is 24.7 Å². The van der Waals surface area contributed by atoms with Crippen molar-refractivity contribution in [2.75, 3.05) is 12.4 Å². The maximum absolute atomic E-state index is 10.4. The van der Waals surface area contributed by atoms with E-state index >= 15 is 0 Å². The molecule has 0 N–H and O–H groups in total. The highest BCUT2D eigenvalue weighted by Gasteiger charge is 1.95. The van der Waals surface area contributed by atoms with Crippen LogP contribution in [0, 0.1) is 0 Å². The summed E-state index contributed by atoms with van der Waals surface area (Å²) >= 11 is -2.11. The second-order valence-corrected chi connectivity index (χ2v) is 2.60. The molecule has 0 aliphatic carbocycles. The monoisotopic (exact) mass is 165 g/mol. The van der Waals surface area contributed by atoms with E-state index in [2.05, 4.69) is 4.74 Å². The number of hydrogen-bond acceptors (Lipinski definition) is 4. The highest BCUT2D eigenvalue weighted by molar-refractivity contribution is 7.79. The van der Waals surface area contributed by atoms with Crippen LogP contribution in [-0.2, 0) is 20.6 Å².